The first-order chi connectivity index (χ1) is 24.3. The second kappa shape index (κ2) is 16.2. The maximum atomic E-state index is 13.1. The summed E-state index contributed by atoms with van der Waals surface area (Å²) in [4.78, 5) is 41.7. The molecule has 2 heterocycles. The summed E-state index contributed by atoms with van der Waals surface area (Å²) in [5.74, 6) is -0.834. The number of likely N-dealkylation sites (N-methyl/N-ethyl adjacent to an activating group) is 1. The molecule has 1 unspecified atom stereocenters. The summed E-state index contributed by atoms with van der Waals surface area (Å²) in [6.45, 7) is 2.98. The van der Waals surface area contributed by atoms with Crippen LogP contribution in [-0.2, 0) is 43.6 Å². The lowest BCUT2D eigenvalue weighted by Gasteiger charge is -2.39. The average molecular weight is 678 g/mol. The zero-order valence-corrected chi connectivity index (χ0v) is 28.3. The van der Waals surface area contributed by atoms with Crippen LogP contribution in [0.2, 0.25) is 0 Å². The Kier molecular flexibility index (Phi) is 11.3. The summed E-state index contributed by atoms with van der Waals surface area (Å²) in [5.41, 5.74) is 5.45. The van der Waals surface area contributed by atoms with Gasteiger partial charge in [-0.05, 0) is 41.8 Å². The number of benzene rings is 4. The molecule has 50 heavy (non-hydrogen) atoms. The molecular formula is C40H43N3O7. The molecule has 2 fully saturated rings. The lowest BCUT2D eigenvalue weighted by molar-refractivity contribution is -0.253. The first-order valence-corrected chi connectivity index (χ1v) is 16.9. The second-order valence-corrected chi connectivity index (χ2v) is 12.9. The lowest BCUT2D eigenvalue weighted by atomic mass is 9.99. The molecule has 6 rings (SSSR count). The van der Waals surface area contributed by atoms with E-state index in [0.717, 1.165) is 32.7 Å². The number of carbonyl (C=O) groups is 3. The fourth-order valence-electron chi connectivity index (χ4n) is 6.33. The molecule has 10 nitrogen and oxygen atoms in total. The van der Waals surface area contributed by atoms with Crippen molar-refractivity contribution in [3.05, 3.63) is 143 Å². The van der Waals surface area contributed by atoms with Gasteiger partial charge in [0.2, 0.25) is 5.91 Å². The van der Waals surface area contributed by atoms with Gasteiger partial charge in [0.1, 0.15) is 12.6 Å². The van der Waals surface area contributed by atoms with Gasteiger partial charge < -0.3 is 24.6 Å². The van der Waals surface area contributed by atoms with Gasteiger partial charge in [-0.2, -0.15) is 0 Å². The highest BCUT2D eigenvalue weighted by atomic mass is 16.7. The number of aliphatic hydroxyl groups is 1. The van der Waals surface area contributed by atoms with Crippen LogP contribution in [0.5, 0.6) is 0 Å². The number of nitrogens with zero attached hydrogens (tertiary/aromatic N) is 2. The zero-order chi connectivity index (χ0) is 35.0. The molecule has 0 spiro atoms. The van der Waals surface area contributed by atoms with E-state index in [1.807, 2.05) is 97.1 Å². The topological polar surface area (TPSA) is 118 Å². The maximum absolute atomic E-state index is 13.1. The largest absolute Gasteiger partial charge is 0.445 e. The lowest BCUT2D eigenvalue weighted by Crippen LogP contribution is -2.41. The molecule has 2 aliphatic rings. The minimum atomic E-state index is -0.975. The van der Waals surface area contributed by atoms with E-state index in [4.69, 9.17) is 14.2 Å². The Morgan fingerprint density at radius 3 is 2.20 bits per heavy atom. The van der Waals surface area contributed by atoms with Crippen LogP contribution in [0.15, 0.2) is 109 Å². The van der Waals surface area contributed by atoms with Crippen molar-refractivity contribution in [2.45, 2.75) is 70.1 Å². The van der Waals surface area contributed by atoms with E-state index in [1.54, 1.807) is 0 Å². The highest BCUT2D eigenvalue weighted by Gasteiger charge is 2.40. The Balaban J connectivity index is 1.10. The van der Waals surface area contributed by atoms with Crippen LogP contribution < -0.4 is 5.32 Å². The van der Waals surface area contributed by atoms with E-state index in [0.29, 0.717) is 13.0 Å². The number of likely N-dealkylation sites (tertiary alicyclic amines) is 1. The van der Waals surface area contributed by atoms with Gasteiger partial charge in [-0.15, -0.1) is 0 Å². The molecule has 0 radical (unpaired) electrons. The predicted molar refractivity (Wildman–Crippen MR) is 186 cm³/mol. The summed E-state index contributed by atoms with van der Waals surface area (Å²) < 4.78 is 18.3. The molecule has 3 amide bonds. The number of ether oxygens (including phenoxy) is 3. The van der Waals surface area contributed by atoms with Crippen molar-refractivity contribution in [2.24, 2.45) is 0 Å². The van der Waals surface area contributed by atoms with E-state index in [2.05, 4.69) is 36.3 Å². The molecule has 0 bridgehead atoms. The van der Waals surface area contributed by atoms with Crippen LogP contribution in [0, 0.1) is 0 Å². The summed E-state index contributed by atoms with van der Waals surface area (Å²) in [7, 11) is 2.10. The van der Waals surface area contributed by atoms with Crippen LogP contribution in [-0.4, -0.2) is 58.6 Å². The normalized spacial score (nSPS) is 21.3. The highest BCUT2D eigenvalue weighted by Crippen LogP contribution is 2.39. The fraction of sp³-hybridized carbons (Fsp3) is 0.325. The standard InChI is InChI=1S/C40H43N3O7/c1-27(31-11-7-4-8-12-31)42(2)24-34-21-36(32-17-15-29(25-44)16-18-32)50-39(49-34)33-19-13-28(14-20-33)23-43-37(45)22-35(38(43)46)41-40(47)48-26-30-9-5-3-6-10-30/h3-20,27,34-36,39,44H,21-26H2,1-2H3,(H,41,47)/t27-,34-,35?,36+,39+/m0/s1. The number of imide groups is 1. The Hall–Kier alpha value is -4.87. The number of hydrogen-bond donors (Lipinski definition) is 2. The van der Waals surface area contributed by atoms with Crippen molar-refractivity contribution in [3.63, 3.8) is 0 Å². The van der Waals surface area contributed by atoms with Gasteiger partial charge in [-0.3, -0.25) is 19.4 Å². The molecule has 5 atom stereocenters. The maximum Gasteiger partial charge on any atom is 0.408 e. The van der Waals surface area contributed by atoms with E-state index in [-0.39, 0.29) is 50.3 Å². The Bertz CT molecular complexity index is 1730. The molecule has 2 aliphatic heterocycles. The molecule has 0 aliphatic carbocycles. The fourth-order valence-corrected chi connectivity index (χ4v) is 6.33. The summed E-state index contributed by atoms with van der Waals surface area (Å²) in [6, 6.07) is 34.1. The van der Waals surface area contributed by atoms with E-state index in [9.17, 15) is 19.5 Å². The Morgan fingerprint density at radius 2 is 1.52 bits per heavy atom. The van der Waals surface area contributed by atoms with Gasteiger partial charge in [0.05, 0.1) is 31.8 Å². The molecule has 0 aromatic heterocycles. The first kappa shape index (κ1) is 35.0. The number of amides is 3. The third-order valence-electron chi connectivity index (χ3n) is 9.39. The number of rotatable bonds is 12. The summed E-state index contributed by atoms with van der Waals surface area (Å²) >= 11 is 0. The Morgan fingerprint density at radius 1 is 0.880 bits per heavy atom. The molecule has 0 saturated carbocycles. The van der Waals surface area contributed by atoms with Gasteiger partial charge in [-0.1, -0.05) is 109 Å². The molecule has 2 saturated heterocycles. The van der Waals surface area contributed by atoms with Crippen molar-refractivity contribution in [2.75, 3.05) is 13.6 Å². The van der Waals surface area contributed by atoms with Gasteiger partial charge in [-0.25, -0.2) is 4.79 Å². The number of aliphatic hydroxyl groups excluding tert-OH is 1. The Labute approximate surface area is 292 Å². The third kappa shape index (κ3) is 8.64. The van der Waals surface area contributed by atoms with Crippen LogP contribution in [0.25, 0.3) is 0 Å². The first-order valence-electron chi connectivity index (χ1n) is 16.9. The van der Waals surface area contributed by atoms with E-state index < -0.39 is 24.3 Å². The average Bonchev–Trinajstić information content (AvgIpc) is 3.41. The molecular weight excluding hydrogens is 634 g/mol. The SMILES string of the molecule is C[C@@H](c1ccccc1)N(C)C[C@@H]1C[C@H](c2ccc(CO)cc2)O[C@H](c2ccc(CN3C(=O)CC(NC(=O)OCc4ccccc4)C3=O)cc2)O1. The molecule has 4 aromatic carbocycles. The smallest absolute Gasteiger partial charge is 0.408 e. The van der Waals surface area contributed by atoms with Gasteiger partial charge in [0.25, 0.3) is 5.91 Å². The molecule has 260 valence electrons. The van der Waals surface area contributed by atoms with Crippen LogP contribution in [0.1, 0.15) is 71.6 Å². The number of carbonyl (C=O) groups excluding carboxylic acids is 3. The van der Waals surface area contributed by atoms with Crippen molar-refractivity contribution in [3.8, 4) is 0 Å². The predicted octanol–water partition coefficient (Wildman–Crippen LogP) is 5.97. The molecule has 10 heteroatoms. The minimum Gasteiger partial charge on any atom is -0.445 e. The minimum absolute atomic E-state index is 0.0260. The van der Waals surface area contributed by atoms with Gasteiger partial charge in [0.15, 0.2) is 6.29 Å². The van der Waals surface area contributed by atoms with Crippen molar-refractivity contribution < 1.29 is 33.7 Å². The van der Waals surface area contributed by atoms with Gasteiger partial charge >= 0.3 is 6.09 Å². The highest BCUT2D eigenvalue weighted by molar-refractivity contribution is 6.06. The second-order valence-electron chi connectivity index (χ2n) is 12.9. The van der Waals surface area contributed by atoms with Crippen molar-refractivity contribution in [1.29, 1.82) is 0 Å². The number of alkyl carbamates (subject to hydrolysis) is 1. The summed E-state index contributed by atoms with van der Waals surface area (Å²) in [5, 5.41) is 12.1. The van der Waals surface area contributed by atoms with E-state index >= 15 is 0 Å². The van der Waals surface area contributed by atoms with Crippen molar-refractivity contribution >= 4 is 17.9 Å². The monoisotopic (exact) mass is 677 g/mol. The number of hydrogen-bond acceptors (Lipinski definition) is 8. The molecule has 4 aromatic rings. The van der Waals surface area contributed by atoms with Crippen LogP contribution >= 0.6 is 0 Å². The van der Waals surface area contributed by atoms with E-state index in [1.165, 1.54) is 5.56 Å². The third-order valence-corrected chi connectivity index (χ3v) is 9.39. The van der Waals surface area contributed by atoms with Crippen molar-refractivity contribution in [1.82, 2.24) is 15.1 Å². The van der Waals surface area contributed by atoms with Gasteiger partial charge in [0, 0.05) is 24.6 Å². The summed E-state index contributed by atoms with van der Waals surface area (Å²) in [6.07, 6.45) is -1.21. The van der Waals surface area contributed by atoms with Crippen LogP contribution in [0.4, 0.5) is 4.79 Å². The molecule has 2 N–H and O–H groups in total. The quantitative estimate of drug-likeness (QED) is 0.176. The number of nitrogens with one attached hydrogen (secondary N) is 1. The zero-order valence-electron chi connectivity index (χ0n) is 28.3. The van der Waals surface area contributed by atoms with Crippen LogP contribution in [0.3, 0.4) is 0 Å².